The van der Waals surface area contributed by atoms with Crippen LogP contribution < -0.4 is 10.1 Å². The number of nitrogens with zero attached hydrogens (tertiary/aromatic N) is 2. The van der Waals surface area contributed by atoms with Crippen LogP contribution in [0.2, 0.25) is 0 Å². The summed E-state index contributed by atoms with van der Waals surface area (Å²) in [5.41, 5.74) is 0.894. The van der Waals surface area contributed by atoms with Gasteiger partial charge in [-0.15, -0.1) is 0 Å². The van der Waals surface area contributed by atoms with E-state index in [9.17, 15) is 14.4 Å². The molecule has 1 saturated heterocycles. The van der Waals surface area contributed by atoms with E-state index >= 15 is 0 Å². The van der Waals surface area contributed by atoms with Crippen LogP contribution in [-0.2, 0) is 20.8 Å². The summed E-state index contributed by atoms with van der Waals surface area (Å²) in [5, 5.41) is 2.77. The monoisotopic (exact) mass is 347 g/mol. The van der Waals surface area contributed by atoms with Crippen molar-refractivity contribution in [2.75, 3.05) is 39.8 Å². The molecular weight excluding hydrogens is 322 g/mol. The predicted molar refractivity (Wildman–Crippen MR) is 93.2 cm³/mol. The first-order valence-electron chi connectivity index (χ1n) is 8.42. The van der Waals surface area contributed by atoms with E-state index in [1.807, 2.05) is 24.3 Å². The van der Waals surface area contributed by atoms with E-state index in [-0.39, 0.29) is 30.6 Å². The van der Waals surface area contributed by atoms with Crippen LogP contribution in [0.15, 0.2) is 24.3 Å². The fraction of sp³-hybridized carbons (Fsp3) is 0.500. The molecule has 1 fully saturated rings. The summed E-state index contributed by atoms with van der Waals surface area (Å²) in [6.07, 6.45) is 0.546. The van der Waals surface area contributed by atoms with Gasteiger partial charge in [0.05, 0.1) is 13.5 Å². The molecule has 25 heavy (non-hydrogen) atoms. The van der Waals surface area contributed by atoms with Crippen molar-refractivity contribution >= 4 is 17.7 Å². The van der Waals surface area contributed by atoms with Crippen LogP contribution in [0.5, 0.6) is 5.75 Å². The van der Waals surface area contributed by atoms with Crippen molar-refractivity contribution in [3.05, 3.63) is 29.8 Å². The SMILES string of the molecule is COc1ccc(CC(=O)NCCC(=O)N2CCN(C(C)=O)CC2)cc1. The highest BCUT2D eigenvalue weighted by Crippen LogP contribution is 2.11. The van der Waals surface area contributed by atoms with Crippen LogP contribution in [0.3, 0.4) is 0 Å². The number of nitrogens with one attached hydrogen (secondary N) is 1. The van der Waals surface area contributed by atoms with E-state index in [4.69, 9.17) is 4.74 Å². The molecule has 0 aromatic heterocycles. The van der Waals surface area contributed by atoms with Crippen LogP contribution in [-0.4, -0.2) is 67.4 Å². The van der Waals surface area contributed by atoms with Gasteiger partial charge in [-0.05, 0) is 17.7 Å². The minimum Gasteiger partial charge on any atom is -0.497 e. The van der Waals surface area contributed by atoms with Crippen LogP contribution in [0.25, 0.3) is 0 Å². The minimum atomic E-state index is -0.112. The standard InChI is InChI=1S/C18H25N3O4/c1-14(22)20-9-11-21(12-10-20)18(24)7-8-19-17(23)13-15-3-5-16(25-2)6-4-15/h3-6H,7-13H2,1-2H3,(H,19,23). The van der Waals surface area contributed by atoms with Crippen molar-refractivity contribution < 1.29 is 19.1 Å². The quantitative estimate of drug-likeness (QED) is 0.810. The Morgan fingerprint density at radius 2 is 1.64 bits per heavy atom. The lowest BCUT2D eigenvalue weighted by Crippen LogP contribution is -2.50. The molecule has 0 radical (unpaired) electrons. The third-order valence-corrected chi connectivity index (χ3v) is 4.26. The molecule has 1 aliphatic heterocycles. The molecule has 1 aromatic rings. The fourth-order valence-electron chi connectivity index (χ4n) is 2.73. The summed E-state index contributed by atoms with van der Waals surface area (Å²) < 4.78 is 5.08. The number of methoxy groups -OCH3 is 1. The summed E-state index contributed by atoms with van der Waals surface area (Å²) in [7, 11) is 1.60. The number of hydrogen-bond donors (Lipinski definition) is 1. The maximum atomic E-state index is 12.1. The lowest BCUT2D eigenvalue weighted by Gasteiger charge is -2.34. The molecule has 136 valence electrons. The minimum absolute atomic E-state index is 0.00736. The molecule has 1 aliphatic rings. The summed E-state index contributed by atoms with van der Waals surface area (Å²) in [6, 6.07) is 7.32. The van der Waals surface area contributed by atoms with E-state index in [0.717, 1.165) is 11.3 Å². The number of piperazine rings is 1. The molecule has 7 nitrogen and oxygen atoms in total. The summed E-state index contributed by atoms with van der Waals surface area (Å²) in [5.74, 6) is 0.685. The van der Waals surface area contributed by atoms with Gasteiger partial charge in [-0.2, -0.15) is 0 Å². The van der Waals surface area contributed by atoms with Gasteiger partial charge >= 0.3 is 0 Å². The summed E-state index contributed by atoms with van der Waals surface area (Å²) >= 11 is 0. The van der Waals surface area contributed by atoms with Gasteiger partial charge in [-0.25, -0.2) is 0 Å². The Hall–Kier alpha value is -2.57. The van der Waals surface area contributed by atoms with Gasteiger partial charge in [-0.3, -0.25) is 14.4 Å². The third kappa shape index (κ3) is 5.77. The number of carbonyl (C=O) groups is 3. The number of hydrogen-bond acceptors (Lipinski definition) is 4. The normalized spacial score (nSPS) is 14.2. The topological polar surface area (TPSA) is 79.0 Å². The Balaban J connectivity index is 1.66. The second kappa shape index (κ2) is 9.05. The first-order valence-corrected chi connectivity index (χ1v) is 8.42. The average Bonchev–Trinajstić information content (AvgIpc) is 2.62. The highest BCUT2D eigenvalue weighted by molar-refractivity contribution is 5.80. The second-order valence-corrected chi connectivity index (χ2v) is 6.01. The summed E-state index contributed by atoms with van der Waals surface area (Å²) in [4.78, 5) is 38.8. The van der Waals surface area contributed by atoms with Gasteiger partial charge in [-0.1, -0.05) is 12.1 Å². The molecule has 0 bridgehead atoms. The Morgan fingerprint density at radius 3 is 2.20 bits per heavy atom. The van der Waals surface area contributed by atoms with Gasteiger partial charge in [0.15, 0.2) is 0 Å². The van der Waals surface area contributed by atoms with E-state index < -0.39 is 0 Å². The Morgan fingerprint density at radius 1 is 1.04 bits per heavy atom. The van der Waals surface area contributed by atoms with Gasteiger partial charge in [0, 0.05) is 46.1 Å². The summed E-state index contributed by atoms with van der Waals surface area (Å²) in [6.45, 7) is 4.11. The lowest BCUT2D eigenvalue weighted by molar-refractivity contribution is -0.138. The first kappa shape index (κ1) is 18.8. The zero-order valence-corrected chi connectivity index (χ0v) is 14.8. The molecule has 2 rings (SSSR count). The Labute approximate surface area is 147 Å². The Bertz CT molecular complexity index is 607. The number of carbonyl (C=O) groups excluding carboxylic acids is 3. The zero-order valence-electron chi connectivity index (χ0n) is 14.8. The highest BCUT2D eigenvalue weighted by atomic mass is 16.5. The van der Waals surface area contributed by atoms with E-state index in [1.165, 1.54) is 6.92 Å². The smallest absolute Gasteiger partial charge is 0.224 e. The van der Waals surface area contributed by atoms with Crippen molar-refractivity contribution in [3.8, 4) is 5.75 Å². The van der Waals surface area contributed by atoms with E-state index in [0.29, 0.717) is 32.7 Å². The molecular formula is C18H25N3O4. The van der Waals surface area contributed by atoms with Crippen molar-refractivity contribution in [1.29, 1.82) is 0 Å². The Kier molecular flexibility index (Phi) is 6.80. The zero-order chi connectivity index (χ0) is 18.2. The van der Waals surface area contributed by atoms with Gasteiger partial charge in [0.25, 0.3) is 0 Å². The van der Waals surface area contributed by atoms with E-state index in [2.05, 4.69) is 5.32 Å². The molecule has 0 atom stereocenters. The molecule has 0 aliphatic carbocycles. The molecule has 0 spiro atoms. The van der Waals surface area contributed by atoms with Gasteiger partial charge in [0.2, 0.25) is 17.7 Å². The molecule has 1 N–H and O–H groups in total. The maximum Gasteiger partial charge on any atom is 0.224 e. The second-order valence-electron chi connectivity index (χ2n) is 6.01. The van der Waals surface area contributed by atoms with Crippen molar-refractivity contribution in [1.82, 2.24) is 15.1 Å². The van der Waals surface area contributed by atoms with Crippen LogP contribution in [0, 0.1) is 0 Å². The number of rotatable bonds is 6. The number of amides is 3. The van der Waals surface area contributed by atoms with Crippen molar-refractivity contribution in [2.24, 2.45) is 0 Å². The van der Waals surface area contributed by atoms with E-state index in [1.54, 1.807) is 16.9 Å². The van der Waals surface area contributed by atoms with Crippen LogP contribution in [0.1, 0.15) is 18.9 Å². The van der Waals surface area contributed by atoms with Crippen LogP contribution in [0.4, 0.5) is 0 Å². The molecule has 1 heterocycles. The lowest BCUT2D eigenvalue weighted by atomic mass is 10.1. The molecule has 3 amide bonds. The predicted octanol–water partition coefficient (Wildman–Crippen LogP) is 0.435. The maximum absolute atomic E-state index is 12.1. The highest BCUT2D eigenvalue weighted by Gasteiger charge is 2.21. The number of benzene rings is 1. The molecule has 1 aromatic carbocycles. The van der Waals surface area contributed by atoms with Crippen LogP contribution >= 0.6 is 0 Å². The molecule has 0 saturated carbocycles. The fourth-order valence-corrected chi connectivity index (χ4v) is 2.73. The first-order chi connectivity index (χ1) is 12.0. The largest absolute Gasteiger partial charge is 0.497 e. The van der Waals surface area contributed by atoms with Crippen molar-refractivity contribution in [3.63, 3.8) is 0 Å². The third-order valence-electron chi connectivity index (χ3n) is 4.26. The molecule has 0 unspecified atom stereocenters. The van der Waals surface area contributed by atoms with Gasteiger partial charge < -0.3 is 19.9 Å². The van der Waals surface area contributed by atoms with Crippen molar-refractivity contribution in [2.45, 2.75) is 19.8 Å². The average molecular weight is 347 g/mol. The number of ether oxygens (including phenoxy) is 1. The van der Waals surface area contributed by atoms with Gasteiger partial charge in [0.1, 0.15) is 5.75 Å². The molecule has 7 heteroatoms.